The highest BCUT2D eigenvalue weighted by atomic mass is 35.5. The highest BCUT2D eigenvalue weighted by Crippen LogP contribution is 2.29. The van der Waals surface area contributed by atoms with Crippen LogP contribution in [0.3, 0.4) is 0 Å². The van der Waals surface area contributed by atoms with Gasteiger partial charge in [-0.25, -0.2) is 0 Å². The molecule has 1 aliphatic rings. The fourth-order valence-corrected chi connectivity index (χ4v) is 3.10. The standard InChI is InChI=1S/C16H21ClN4O/c1-2-5-15-19-16(22-20-15)11-21-9-8-18-10-14(21)12-6-3-4-7-13(12)17/h3-4,6-7,14,18H,2,5,8-11H2,1H3. The van der Waals surface area contributed by atoms with E-state index in [1.807, 2.05) is 18.2 Å². The zero-order chi connectivity index (χ0) is 15.4. The monoisotopic (exact) mass is 320 g/mol. The molecule has 1 aliphatic heterocycles. The first-order chi connectivity index (χ1) is 10.8. The van der Waals surface area contributed by atoms with Crippen molar-refractivity contribution in [2.75, 3.05) is 19.6 Å². The highest BCUT2D eigenvalue weighted by Gasteiger charge is 2.26. The SMILES string of the molecule is CCCc1noc(CN2CCNCC2c2ccccc2Cl)n1. The lowest BCUT2D eigenvalue weighted by Gasteiger charge is -2.35. The summed E-state index contributed by atoms with van der Waals surface area (Å²) in [4.78, 5) is 6.82. The molecule has 3 rings (SSSR count). The summed E-state index contributed by atoms with van der Waals surface area (Å²) < 4.78 is 5.38. The maximum absolute atomic E-state index is 6.37. The van der Waals surface area contributed by atoms with E-state index in [-0.39, 0.29) is 6.04 Å². The van der Waals surface area contributed by atoms with Gasteiger partial charge in [0, 0.05) is 37.1 Å². The number of rotatable bonds is 5. The fourth-order valence-electron chi connectivity index (χ4n) is 2.84. The highest BCUT2D eigenvalue weighted by molar-refractivity contribution is 6.31. The maximum atomic E-state index is 6.37. The van der Waals surface area contributed by atoms with Gasteiger partial charge in [-0.1, -0.05) is 41.9 Å². The zero-order valence-electron chi connectivity index (χ0n) is 12.8. The Hall–Kier alpha value is -1.43. The van der Waals surface area contributed by atoms with Gasteiger partial charge >= 0.3 is 0 Å². The van der Waals surface area contributed by atoms with Gasteiger partial charge in [0.2, 0.25) is 5.89 Å². The third kappa shape index (κ3) is 3.48. The minimum atomic E-state index is 0.226. The van der Waals surface area contributed by atoms with Gasteiger partial charge < -0.3 is 9.84 Å². The summed E-state index contributed by atoms with van der Waals surface area (Å²) in [6, 6.07) is 8.24. The Kier molecular flexibility index (Phi) is 5.08. The second-order valence-corrected chi connectivity index (χ2v) is 5.97. The van der Waals surface area contributed by atoms with Crippen molar-refractivity contribution < 1.29 is 4.52 Å². The van der Waals surface area contributed by atoms with Gasteiger partial charge in [0.25, 0.3) is 0 Å². The fraction of sp³-hybridized carbons (Fsp3) is 0.500. The van der Waals surface area contributed by atoms with Crippen molar-refractivity contribution in [1.82, 2.24) is 20.4 Å². The van der Waals surface area contributed by atoms with Crippen LogP contribution in [0.4, 0.5) is 0 Å². The number of hydrogen-bond acceptors (Lipinski definition) is 5. The van der Waals surface area contributed by atoms with Crippen molar-refractivity contribution in [3.05, 3.63) is 46.6 Å². The molecule has 1 aromatic heterocycles. The first-order valence-corrected chi connectivity index (χ1v) is 8.16. The molecule has 2 aromatic rings. The Morgan fingerprint density at radius 2 is 2.27 bits per heavy atom. The topological polar surface area (TPSA) is 54.2 Å². The normalized spacial score (nSPS) is 19.5. The van der Waals surface area contributed by atoms with Gasteiger partial charge in [-0.3, -0.25) is 4.90 Å². The Bertz CT molecular complexity index is 616. The third-order valence-electron chi connectivity index (χ3n) is 3.94. The number of nitrogens with one attached hydrogen (secondary N) is 1. The van der Waals surface area contributed by atoms with E-state index in [2.05, 4.69) is 33.3 Å². The van der Waals surface area contributed by atoms with Crippen molar-refractivity contribution >= 4 is 11.6 Å². The molecular weight excluding hydrogens is 300 g/mol. The molecule has 1 fully saturated rings. The molecule has 0 amide bonds. The van der Waals surface area contributed by atoms with Crippen LogP contribution in [0.15, 0.2) is 28.8 Å². The molecule has 6 heteroatoms. The van der Waals surface area contributed by atoms with E-state index in [4.69, 9.17) is 16.1 Å². The van der Waals surface area contributed by atoms with Gasteiger partial charge in [-0.05, 0) is 18.1 Å². The van der Waals surface area contributed by atoms with Crippen molar-refractivity contribution in [2.45, 2.75) is 32.4 Å². The largest absolute Gasteiger partial charge is 0.338 e. The van der Waals surface area contributed by atoms with Crippen molar-refractivity contribution in [3.8, 4) is 0 Å². The Labute approximate surface area is 135 Å². The van der Waals surface area contributed by atoms with E-state index in [0.29, 0.717) is 12.4 Å². The number of hydrogen-bond donors (Lipinski definition) is 1. The zero-order valence-corrected chi connectivity index (χ0v) is 13.5. The summed E-state index contributed by atoms with van der Waals surface area (Å²) in [6.07, 6.45) is 1.88. The number of piperazine rings is 1. The molecule has 0 saturated carbocycles. The molecule has 0 spiro atoms. The van der Waals surface area contributed by atoms with Crippen molar-refractivity contribution in [1.29, 1.82) is 0 Å². The van der Waals surface area contributed by atoms with Crippen LogP contribution in [0.25, 0.3) is 0 Å². The number of aryl methyl sites for hydroxylation is 1. The van der Waals surface area contributed by atoms with E-state index < -0.39 is 0 Å². The van der Waals surface area contributed by atoms with Gasteiger partial charge in [-0.2, -0.15) is 4.98 Å². The van der Waals surface area contributed by atoms with Crippen LogP contribution in [-0.2, 0) is 13.0 Å². The summed E-state index contributed by atoms with van der Waals surface area (Å²) in [7, 11) is 0. The molecule has 22 heavy (non-hydrogen) atoms. The summed E-state index contributed by atoms with van der Waals surface area (Å²) in [5.41, 5.74) is 1.14. The van der Waals surface area contributed by atoms with E-state index in [9.17, 15) is 0 Å². The van der Waals surface area contributed by atoms with E-state index >= 15 is 0 Å². The molecule has 1 atom stereocenters. The molecule has 1 N–H and O–H groups in total. The Morgan fingerprint density at radius 3 is 3.09 bits per heavy atom. The number of halogens is 1. The smallest absolute Gasteiger partial charge is 0.240 e. The molecule has 0 bridgehead atoms. The van der Waals surface area contributed by atoms with Crippen LogP contribution >= 0.6 is 11.6 Å². The lowest BCUT2D eigenvalue weighted by molar-refractivity contribution is 0.135. The predicted octanol–water partition coefficient (Wildman–Crippen LogP) is 2.82. The van der Waals surface area contributed by atoms with E-state index in [1.54, 1.807) is 0 Å². The molecule has 1 unspecified atom stereocenters. The summed E-state index contributed by atoms with van der Waals surface area (Å²) in [5.74, 6) is 1.48. The lowest BCUT2D eigenvalue weighted by Crippen LogP contribution is -2.45. The molecule has 2 heterocycles. The van der Waals surface area contributed by atoms with Gasteiger partial charge in [0.05, 0.1) is 6.54 Å². The summed E-state index contributed by atoms with van der Waals surface area (Å²) >= 11 is 6.37. The quantitative estimate of drug-likeness (QED) is 0.918. The van der Waals surface area contributed by atoms with Crippen molar-refractivity contribution in [3.63, 3.8) is 0 Å². The van der Waals surface area contributed by atoms with Crippen LogP contribution in [0.5, 0.6) is 0 Å². The third-order valence-corrected chi connectivity index (χ3v) is 4.28. The first-order valence-electron chi connectivity index (χ1n) is 7.78. The molecule has 1 aromatic carbocycles. The number of benzene rings is 1. The van der Waals surface area contributed by atoms with Crippen LogP contribution in [0.2, 0.25) is 5.02 Å². The summed E-state index contributed by atoms with van der Waals surface area (Å²) in [6.45, 7) is 5.53. The van der Waals surface area contributed by atoms with Gasteiger partial charge in [0.15, 0.2) is 5.82 Å². The molecule has 0 aliphatic carbocycles. The Balaban J connectivity index is 1.76. The number of aromatic nitrogens is 2. The molecule has 0 radical (unpaired) electrons. The van der Waals surface area contributed by atoms with Crippen LogP contribution in [-0.4, -0.2) is 34.7 Å². The minimum Gasteiger partial charge on any atom is -0.338 e. The van der Waals surface area contributed by atoms with Gasteiger partial charge in [-0.15, -0.1) is 0 Å². The molecular formula is C16H21ClN4O. The molecule has 1 saturated heterocycles. The van der Waals surface area contributed by atoms with Gasteiger partial charge in [0.1, 0.15) is 0 Å². The van der Waals surface area contributed by atoms with E-state index in [1.165, 1.54) is 0 Å². The van der Waals surface area contributed by atoms with Crippen molar-refractivity contribution in [2.24, 2.45) is 0 Å². The molecule has 118 valence electrons. The maximum Gasteiger partial charge on any atom is 0.240 e. The minimum absolute atomic E-state index is 0.226. The number of nitrogens with zero attached hydrogens (tertiary/aromatic N) is 3. The summed E-state index contributed by atoms with van der Waals surface area (Å²) in [5, 5.41) is 8.27. The second kappa shape index (κ2) is 7.22. The van der Waals surface area contributed by atoms with E-state index in [0.717, 1.165) is 48.9 Å². The van der Waals surface area contributed by atoms with Crippen LogP contribution < -0.4 is 5.32 Å². The van der Waals surface area contributed by atoms with Crippen LogP contribution in [0.1, 0.15) is 36.7 Å². The average molecular weight is 321 g/mol. The second-order valence-electron chi connectivity index (χ2n) is 5.57. The first kappa shape index (κ1) is 15.5. The molecule has 5 nitrogen and oxygen atoms in total. The Morgan fingerprint density at radius 1 is 1.41 bits per heavy atom. The van der Waals surface area contributed by atoms with Crippen LogP contribution in [0, 0.1) is 0 Å². The predicted molar refractivity (Wildman–Crippen MR) is 85.8 cm³/mol. The average Bonchev–Trinajstić information content (AvgIpc) is 2.96. The lowest BCUT2D eigenvalue weighted by atomic mass is 10.0.